The molecule has 5 heteroatoms. The van der Waals surface area contributed by atoms with Gasteiger partial charge in [0, 0.05) is 11.3 Å². The number of carbonyl (C=O) groups is 1. The molecule has 0 aromatic heterocycles. The molecule has 0 bridgehead atoms. The van der Waals surface area contributed by atoms with Crippen LogP contribution in [0.25, 0.3) is 0 Å². The van der Waals surface area contributed by atoms with E-state index in [0.29, 0.717) is 35.3 Å². The van der Waals surface area contributed by atoms with Crippen LogP contribution in [0.5, 0.6) is 11.5 Å². The third-order valence-electron chi connectivity index (χ3n) is 4.38. The van der Waals surface area contributed by atoms with Crippen LogP contribution >= 0.6 is 11.6 Å². The molecule has 0 saturated carbocycles. The molecule has 0 heterocycles. The van der Waals surface area contributed by atoms with Crippen molar-refractivity contribution in [2.45, 2.75) is 27.4 Å². The van der Waals surface area contributed by atoms with E-state index in [9.17, 15) is 4.79 Å². The van der Waals surface area contributed by atoms with Gasteiger partial charge in [0.1, 0.15) is 6.61 Å². The quantitative estimate of drug-likeness (QED) is 0.506. The van der Waals surface area contributed by atoms with Gasteiger partial charge in [0.2, 0.25) is 0 Å². The van der Waals surface area contributed by atoms with Crippen molar-refractivity contribution >= 4 is 23.2 Å². The standard InChI is InChI=1S/C24H24ClNO3/c1-4-28-22-14-19(24(27)26-20-11-7-17(3)8-12-20)13-21(25)23(22)29-15-18-9-5-16(2)6-10-18/h5-14H,4,15H2,1-3H3,(H,26,27). The molecule has 0 aliphatic carbocycles. The SMILES string of the molecule is CCOc1cc(C(=O)Nc2ccc(C)cc2)cc(Cl)c1OCc1ccc(C)cc1. The number of hydrogen-bond donors (Lipinski definition) is 1. The monoisotopic (exact) mass is 409 g/mol. The summed E-state index contributed by atoms with van der Waals surface area (Å²) in [6.07, 6.45) is 0. The van der Waals surface area contributed by atoms with E-state index < -0.39 is 0 Å². The lowest BCUT2D eigenvalue weighted by molar-refractivity contribution is 0.102. The third kappa shape index (κ3) is 5.52. The lowest BCUT2D eigenvalue weighted by Crippen LogP contribution is -2.12. The maximum atomic E-state index is 12.7. The Kier molecular flexibility index (Phi) is 6.78. The number of ether oxygens (including phenoxy) is 2. The fraction of sp³-hybridized carbons (Fsp3) is 0.208. The average Bonchev–Trinajstić information content (AvgIpc) is 2.70. The molecule has 0 unspecified atom stereocenters. The zero-order valence-corrected chi connectivity index (χ0v) is 17.5. The van der Waals surface area contributed by atoms with Gasteiger partial charge < -0.3 is 14.8 Å². The molecule has 3 rings (SSSR count). The summed E-state index contributed by atoms with van der Waals surface area (Å²) in [6.45, 7) is 6.69. The van der Waals surface area contributed by atoms with E-state index in [2.05, 4.69) is 5.32 Å². The largest absolute Gasteiger partial charge is 0.490 e. The second-order valence-corrected chi connectivity index (χ2v) is 7.22. The Hall–Kier alpha value is -2.98. The number of anilines is 1. The second kappa shape index (κ2) is 9.48. The van der Waals surface area contributed by atoms with Gasteiger partial charge in [-0.1, -0.05) is 59.1 Å². The molecular formula is C24H24ClNO3. The molecule has 1 amide bonds. The summed E-state index contributed by atoms with van der Waals surface area (Å²) in [5.74, 6) is 0.615. The van der Waals surface area contributed by atoms with Gasteiger partial charge >= 0.3 is 0 Å². The highest BCUT2D eigenvalue weighted by Crippen LogP contribution is 2.37. The number of halogens is 1. The summed E-state index contributed by atoms with van der Waals surface area (Å²) in [7, 11) is 0. The molecule has 4 nitrogen and oxygen atoms in total. The Labute approximate surface area is 176 Å². The first-order chi connectivity index (χ1) is 14.0. The highest BCUT2D eigenvalue weighted by atomic mass is 35.5. The van der Waals surface area contributed by atoms with E-state index in [-0.39, 0.29) is 5.91 Å². The molecule has 0 atom stereocenters. The Morgan fingerprint density at radius 2 is 1.55 bits per heavy atom. The third-order valence-corrected chi connectivity index (χ3v) is 4.67. The maximum Gasteiger partial charge on any atom is 0.255 e. The van der Waals surface area contributed by atoms with Gasteiger partial charge in [0.05, 0.1) is 11.6 Å². The van der Waals surface area contributed by atoms with Crippen LogP contribution in [0.3, 0.4) is 0 Å². The van der Waals surface area contributed by atoms with E-state index in [1.807, 2.05) is 69.3 Å². The fourth-order valence-corrected chi connectivity index (χ4v) is 3.05. The number of aryl methyl sites for hydroxylation is 2. The highest BCUT2D eigenvalue weighted by Gasteiger charge is 2.17. The van der Waals surface area contributed by atoms with Crippen LogP contribution in [0.1, 0.15) is 34.0 Å². The normalized spacial score (nSPS) is 10.5. The molecule has 29 heavy (non-hydrogen) atoms. The molecule has 0 saturated heterocycles. The van der Waals surface area contributed by atoms with Gasteiger partial charge in [-0.2, -0.15) is 0 Å². The second-order valence-electron chi connectivity index (χ2n) is 6.81. The first-order valence-corrected chi connectivity index (χ1v) is 9.86. The van der Waals surface area contributed by atoms with Crippen LogP contribution in [0.4, 0.5) is 5.69 Å². The van der Waals surface area contributed by atoms with Crippen LogP contribution in [-0.4, -0.2) is 12.5 Å². The predicted molar refractivity (Wildman–Crippen MR) is 117 cm³/mol. The molecule has 150 valence electrons. The summed E-state index contributed by atoms with van der Waals surface area (Å²) in [4.78, 5) is 12.7. The zero-order chi connectivity index (χ0) is 20.8. The first kappa shape index (κ1) is 20.7. The van der Waals surface area contributed by atoms with Crippen LogP contribution in [-0.2, 0) is 6.61 Å². The van der Waals surface area contributed by atoms with Gasteiger partial charge in [-0.15, -0.1) is 0 Å². The van der Waals surface area contributed by atoms with Gasteiger partial charge in [-0.25, -0.2) is 0 Å². The van der Waals surface area contributed by atoms with Crippen LogP contribution in [0.15, 0.2) is 60.7 Å². The lowest BCUT2D eigenvalue weighted by Gasteiger charge is -2.15. The van der Waals surface area contributed by atoms with Crippen LogP contribution in [0.2, 0.25) is 5.02 Å². The number of hydrogen-bond acceptors (Lipinski definition) is 3. The average molecular weight is 410 g/mol. The molecule has 0 aliphatic rings. The molecule has 0 fully saturated rings. The number of amides is 1. The fourth-order valence-electron chi connectivity index (χ4n) is 2.78. The Bertz CT molecular complexity index is 982. The summed E-state index contributed by atoms with van der Waals surface area (Å²) in [6, 6.07) is 18.9. The number of nitrogens with one attached hydrogen (secondary N) is 1. The highest BCUT2D eigenvalue weighted by molar-refractivity contribution is 6.32. The van der Waals surface area contributed by atoms with E-state index >= 15 is 0 Å². The van der Waals surface area contributed by atoms with E-state index in [1.165, 1.54) is 5.56 Å². The van der Waals surface area contributed by atoms with Crippen molar-refractivity contribution in [3.63, 3.8) is 0 Å². The van der Waals surface area contributed by atoms with Crippen molar-refractivity contribution in [1.82, 2.24) is 0 Å². The molecule has 0 radical (unpaired) electrons. The Balaban J connectivity index is 1.80. The summed E-state index contributed by atoms with van der Waals surface area (Å²) < 4.78 is 11.6. The van der Waals surface area contributed by atoms with Crippen LogP contribution < -0.4 is 14.8 Å². The minimum Gasteiger partial charge on any atom is -0.490 e. The minimum absolute atomic E-state index is 0.262. The minimum atomic E-state index is -0.262. The van der Waals surface area contributed by atoms with E-state index in [1.54, 1.807) is 12.1 Å². The Morgan fingerprint density at radius 1 is 0.931 bits per heavy atom. The lowest BCUT2D eigenvalue weighted by atomic mass is 10.1. The zero-order valence-electron chi connectivity index (χ0n) is 16.8. The smallest absolute Gasteiger partial charge is 0.255 e. The van der Waals surface area contributed by atoms with E-state index in [0.717, 1.165) is 16.8 Å². The van der Waals surface area contributed by atoms with Gasteiger partial charge in [-0.05, 0) is 50.6 Å². The number of carbonyl (C=O) groups excluding carboxylic acids is 1. The van der Waals surface area contributed by atoms with Gasteiger partial charge in [-0.3, -0.25) is 4.79 Å². The molecular weight excluding hydrogens is 386 g/mol. The molecule has 0 spiro atoms. The van der Waals surface area contributed by atoms with E-state index in [4.69, 9.17) is 21.1 Å². The molecule has 3 aromatic carbocycles. The van der Waals surface area contributed by atoms with Gasteiger partial charge in [0.15, 0.2) is 11.5 Å². The first-order valence-electron chi connectivity index (χ1n) is 9.49. The van der Waals surface area contributed by atoms with Crippen molar-refractivity contribution in [3.8, 4) is 11.5 Å². The topological polar surface area (TPSA) is 47.6 Å². The number of rotatable bonds is 7. The Morgan fingerprint density at radius 3 is 2.17 bits per heavy atom. The summed E-state index contributed by atoms with van der Waals surface area (Å²) >= 11 is 6.44. The van der Waals surface area contributed by atoms with Crippen molar-refractivity contribution in [1.29, 1.82) is 0 Å². The van der Waals surface area contributed by atoms with Crippen molar-refractivity contribution < 1.29 is 14.3 Å². The van der Waals surface area contributed by atoms with Crippen LogP contribution in [0, 0.1) is 13.8 Å². The summed E-state index contributed by atoms with van der Waals surface area (Å²) in [5, 5.41) is 3.20. The van der Waals surface area contributed by atoms with Crippen molar-refractivity contribution in [2.75, 3.05) is 11.9 Å². The molecule has 1 N–H and O–H groups in total. The molecule has 0 aliphatic heterocycles. The molecule has 3 aromatic rings. The number of benzene rings is 3. The summed E-state index contributed by atoms with van der Waals surface area (Å²) in [5.41, 5.74) is 4.46. The van der Waals surface area contributed by atoms with Gasteiger partial charge in [0.25, 0.3) is 5.91 Å². The van der Waals surface area contributed by atoms with Crippen molar-refractivity contribution in [2.24, 2.45) is 0 Å². The van der Waals surface area contributed by atoms with Crippen molar-refractivity contribution in [3.05, 3.63) is 87.9 Å². The predicted octanol–water partition coefficient (Wildman–Crippen LogP) is 6.19. The maximum absolute atomic E-state index is 12.7.